The lowest BCUT2D eigenvalue weighted by Gasteiger charge is -2.09. The van der Waals surface area contributed by atoms with E-state index in [4.69, 9.17) is 66.7 Å². The van der Waals surface area contributed by atoms with Crippen molar-refractivity contribution in [2.75, 3.05) is 14.2 Å². The molecule has 0 aliphatic heterocycles. The van der Waals surface area contributed by atoms with E-state index in [2.05, 4.69) is 15.3 Å². The maximum absolute atomic E-state index is 13.5. The molecule has 4 N–H and O–H groups in total. The number of hydrogen-bond acceptors (Lipinski definition) is 7. The molecule has 0 bridgehead atoms. The van der Waals surface area contributed by atoms with Crippen molar-refractivity contribution in [1.29, 1.82) is 0 Å². The lowest BCUT2D eigenvalue weighted by atomic mass is 10.2. The predicted molar refractivity (Wildman–Crippen MR) is 174 cm³/mol. The van der Waals surface area contributed by atoms with Gasteiger partial charge in [0.25, 0.3) is 5.91 Å². The number of carboxylic acid groups (broad SMARTS) is 1. The van der Waals surface area contributed by atoms with Gasteiger partial charge >= 0.3 is 5.97 Å². The Morgan fingerprint density at radius 2 is 1.24 bits per heavy atom. The number of hydrogen-bond donors (Lipinski definition) is 3. The Morgan fingerprint density at radius 1 is 0.800 bits per heavy atom. The summed E-state index contributed by atoms with van der Waals surface area (Å²) in [5.74, 6) is -2.12. The number of aromatic nitrogens is 2. The second kappa shape index (κ2) is 20.3. The van der Waals surface area contributed by atoms with Gasteiger partial charge in [-0.25, -0.2) is 23.5 Å². The van der Waals surface area contributed by atoms with E-state index in [1.165, 1.54) is 56.9 Å². The topological polar surface area (TPSA) is 137 Å². The largest absolute Gasteiger partial charge is 0.494 e. The molecule has 0 radical (unpaired) electrons. The van der Waals surface area contributed by atoms with Crippen LogP contribution >= 0.6 is 46.4 Å². The molecule has 9 nitrogen and oxygen atoms in total. The van der Waals surface area contributed by atoms with Crippen LogP contribution in [0.25, 0.3) is 0 Å². The summed E-state index contributed by atoms with van der Waals surface area (Å²) in [6, 6.07) is 11.9. The third-order valence-corrected chi connectivity index (χ3v) is 6.47. The minimum Gasteiger partial charge on any atom is -0.494 e. The lowest BCUT2D eigenvalue weighted by Crippen LogP contribution is -2.23. The van der Waals surface area contributed by atoms with Gasteiger partial charge in [-0.3, -0.25) is 4.79 Å². The van der Waals surface area contributed by atoms with Crippen LogP contribution in [0, 0.1) is 11.6 Å². The zero-order chi connectivity index (χ0) is 32.1. The first-order chi connectivity index (χ1) is 20.4. The molecule has 2 aromatic carbocycles. The maximum Gasteiger partial charge on any atom is 0.340 e. The van der Waals surface area contributed by atoms with E-state index >= 15 is 0 Å². The number of amides is 1. The van der Waals surface area contributed by atoms with E-state index in [-0.39, 0.29) is 70.2 Å². The molecule has 0 aliphatic rings. The van der Waals surface area contributed by atoms with E-state index in [1.807, 2.05) is 0 Å². The van der Waals surface area contributed by atoms with Gasteiger partial charge in [-0.05, 0) is 47.5 Å². The molecule has 4 rings (SSSR count). The number of carboxylic acids is 1. The molecule has 4 aromatic rings. The van der Waals surface area contributed by atoms with Crippen LogP contribution in [0.2, 0.25) is 20.4 Å². The molecule has 0 spiro atoms. The molecule has 15 heteroatoms. The predicted octanol–water partition coefficient (Wildman–Crippen LogP) is 8.12. The fraction of sp³-hybridized carbons (Fsp3) is 0.200. The third-order valence-electron chi connectivity index (χ3n) is 5.27. The number of nitrogens with two attached hydrogens (primary N) is 1. The molecule has 0 saturated carbocycles. The summed E-state index contributed by atoms with van der Waals surface area (Å²) in [7, 11) is 2.81. The van der Waals surface area contributed by atoms with Gasteiger partial charge in [0.05, 0.1) is 29.8 Å². The number of rotatable bonds is 7. The molecule has 45 heavy (non-hydrogen) atoms. The molecule has 0 fully saturated rings. The SMILES string of the molecule is C.C.COc1ccc(CN)cc1F.COc1ccc(CNC(=O)c2c(Cl)ccnc2Cl)cc1F.O=C(O)c1c(Cl)ccnc1Cl. The Balaban J connectivity index is 0.000000688. The summed E-state index contributed by atoms with van der Waals surface area (Å²) < 4.78 is 35.9. The molecule has 0 aliphatic carbocycles. The molecular formula is C30H32Cl4F2N4O5. The smallest absolute Gasteiger partial charge is 0.340 e. The number of nitrogens with one attached hydrogen (secondary N) is 1. The zero-order valence-electron chi connectivity index (χ0n) is 22.5. The van der Waals surface area contributed by atoms with Gasteiger partial charge in [0, 0.05) is 25.5 Å². The quantitative estimate of drug-likeness (QED) is 0.164. The summed E-state index contributed by atoms with van der Waals surface area (Å²) in [5, 5.41) is 11.4. The Morgan fingerprint density at radius 3 is 1.62 bits per heavy atom. The average Bonchev–Trinajstić information content (AvgIpc) is 2.96. The van der Waals surface area contributed by atoms with Crippen molar-refractivity contribution in [2.24, 2.45) is 5.73 Å². The number of carbonyl (C=O) groups excluding carboxylic acids is 1. The van der Waals surface area contributed by atoms with Crippen molar-refractivity contribution in [3.63, 3.8) is 0 Å². The highest BCUT2D eigenvalue weighted by Gasteiger charge is 2.16. The molecule has 0 atom stereocenters. The van der Waals surface area contributed by atoms with Crippen LogP contribution in [0.4, 0.5) is 8.78 Å². The van der Waals surface area contributed by atoms with Gasteiger partial charge in [0.2, 0.25) is 0 Å². The van der Waals surface area contributed by atoms with Gasteiger partial charge in [-0.15, -0.1) is 0 Å². The second-order valence-corrected chi connectivity index (χ2v) is 9.58. The van der Waals surface area contributed by atoms with Gasteiger partial charge in [0.1, 0.15) is 15.9 Å². The summed E-state index contributed by atoms with van der Waals surface area (Å²) in [4.78, 5) is 29.8. The van der Waals surface area contributed by atoms with Gasteiger partial charge < -0.3 is 25.6 Å². The van der Waals surface area contributed by atoms with Gasteiger partial charge in [-0.1, -0.05) is 73.4 Å². The molecule has 244 valence electrons. The first kappa shape index (κ1) is 41.3. The zero-order valence-corrected chi connectivity index (χ0v) is 25.5. The van der Waals surface area contributed by atoms with Crippen molar-refractivity contribution < 1.29 is 33.0 Å². The molecule has 1 amide bonds. The summed E-state index contributed by atoms with van der Waals surface area (Å²) in [6.07, 6.45) is 2.75. The number of halogens is 6. The van der Waals surface area contributed by atoms with E-state index < -0.39 is 17.7 Å². The van der Waals surface area contributed by atoms with E-state index in [1.54, 1.807) is 18.2 Å². The van der Waals surface area contributed by atoms with Crippen LogP contribution in [0.3, 0.4) is 0 Å². The summed E-state index contributed by atoms with van der Waals surface area (Å²) >= 11 is 22.7. The summed E-state index contributed by atoms with van der Waals surface area (Å²) in [6.45, 7) is 0.474. The number of aromatic carboxylic acids is 1. The molecular weight excluding hydrogens is 676 g/mol. The van der Waals surface area contributed by atoms with Crippen LogP contribution in [-0.4, -0.2) is 41.2 Å². The number of benzene rings is 2. The van der Waals surface area contributed by atoms with Crippen LogP contribution in [-0.2, 0) is 13.1 Å². The van der Waals surface area contributed by atoms with Crippen molar-refractivity contribution in [3.8, 4) is 11.5 Å². The second-order valence-electron chi connectivity index (χ2n) is 8.05. The standard InChI is InChI=1S/C14H11Cl2FN2O2.C8H10FNO.C6H3Cl2NO2.2CH4/c1-21-11-3-2-8(6-10(11)17)7-19-14(20)12-9(15)4-5-18-13(12)16;1-11-8-3-2-6(5-10)4-7(8)9;7-3-1-2-9-5(8)4(3)6(10)11;;/h2-6H,7H2,1H3,(H,19,20);2-4H,5,10H2,1H3;1-2H,(H,10,11);2*1H4. The molecule has 2 aromatic heterocycles. The molecule has 2 heterocycles. The fourth-order valence-corrected chi connectivity index (χ4v) is 4.19. The van der Waals surface area contributed by atoms with Crippen molar-refractivity contribution >= 4 is 58.3 Å². The number of methoxy groups -OCH3 is 2. The highest BCUT2D eigenvalue weighted by molar-refractivity contribution is 6.39. The van der Waals surface area contributed by atoms with E-state index in [0.29, 0.717) is 12.1 Å². The number of ether oxygens (including phenoxy) is 2. The van der Waals surface area contributed by atoms with Gasteiger partial charge in [0.15, 0.2) is 23.1 Å². The fourth-order valence-electron chi connectivity index (χ4n) is 3.15. The summed E-state index contributed by atoms with van der Waals surface area (Å²) in [5.41, 5.74) is 6.59. The Hall–Kier alpha value is -3.74. The Bertz CT molecular complexity index is 1540. The van der Waals surface area contributed by atoms with Crippen LogP contribution in [0.5, 0.6) is 11.5 Å². The maximum atomic E-state index is 13.5. The van der Waals surface area contributed by atoms with Crippen LogP contribution in [0.15, 0.2) is 60.9 Å². The lowest BCUT2D eigenvalue weighted by molar-refractivity contribution is 0.0696. The van der Waals surface area contributed by atoms with E-state index in [0.717, 1.165) is 5.56 Å². The van der Waals surface area contributed by atoms with Crippen LogP contribution < -0.4 is 20.5 Å². The first-order valence-corrected chi connectivity index (χ1v) is 13.4. The third kappa shape index (κ3) is 12.3. The highest BCUT2D eigenvalue weighted by atomic mass is 35.5. The average molecular weight is 708 g/mol. The van der Waals surface area contributed by atoms with Crippen molar-refractivity contribution in [3.05, 3.63) is 115 Å². The Labute approximate surface area is 280 Å². The molecule has 0 saturated heterocycles. The normalized spacial score (nSPS) is 9.53. The number of nitrogens with zero attached hydrogens (tertiary/aromatic N) is 2. The van der Waals surface area contributed by atoms with Crippen molar-refractivity contribution in [1.82, 2.24) is 15.3 Å². The van der Waals surface area contributed by atoms with Gasteiger partial charge in [-0.2, -0.15) is 0 Å². The van der Waals surface area contributed by atoms with E-state index in [9.17, 15) is 18.4 Å². The molecule has 0 unspecified atom stereocenters. The monoisotopic (exact) mass is 706 g/mol. The minimum absolute atomic E-state index is 0. The minimum atomic E-state index is -1.17. The van der Waals surface area contributed by atoms with Crippen LogP contribution in [0.1, 0.15) is 46.7 Å². The number of pyridine rings is 2. The highest BCUT2D eigenvalue weighted by Crippen LogP contribution is 2.23. The first-order valence-electron chi connectivity index (χ1n) is 11.9. The number of carbonyl (C=O) groups is 2. The van der Waals surface area contributed by atoms with Crippen molar-refractivity contribution in [2.45, 2.75) is 27.9 Å². The Kier molecular flexibility index (Phi) is 18.6.